The van der Waals surface area contributed by atoms with Crippen LogP contribution in [-0.2, 0) is 0 Å². The van der Waals surface area contributed by atoms with Gasteiger partial charge in [0.05, 0.1) is 0 Å². The molecule has 0 radical (unpaired) electrons. The Balaban J connectivity index is 2.38. The number of aryl methyl sites for hydroxylation is 1. The zero-order valence-electron chi connectivity index (χ0n) is 11.6. The van der Waals surface area contributed by atoms with Gasteiger partial charge in [-0.1, -0.05) is 24.3 Å². The molecule has 0 amide bonds. The number of anilines is 2. The van der Waals surface area contributed by atoms with Gasteiger partial charge in [-0.3, -0.25) is 0 Å². The normalized spacial score (nSPS) is 12.2. The lowest BCUT2D eigenvalue weighted by atomic mass is 10.1. The first-order valence-electron chi connectivity index (χ1n) is 6.38. The molecular weight excluding hydrogens is 236 g/mol. The van der Waals surface area contributed by atoms with E-state index in [-0.39, 0.29) is 11.8 Å². The van der Waals surface area contributed by atoms with Crippen molar-refractivity contribution >= 4 is 11.4 Å². The summed E-state index contributed by atoms with van der Waals surface area (Å²) < 4.78 is 0. The van der Waals surface area contributed by atoms with Gasteiger partial charge in [0, 0.05) is 36.1 Å². The molecule has 2 aromatic carbocycles. The minimum atomic E-state index is -0.169. The molecule has 0 spiro atoms. The van der Waals surface area contributed by atoms with Crippen LogP contribution in [0.3, 0.4) is 0 Å². The van der Waals surface area contributed by atoms with Crippen LogP contribution in [-0.4, -0.2) is 12.2 Å². The number of aromatic hydroxyl groups is 1. The lowest BCUT2D eigenvalue weighted by molar-refractivity contribution is 0.464. The molecule has 0 aliphatic carbocycles. The summed E-state index contributed by atoms with van der Waals surface area (Å²) in [5.74, 6) is 0.243. The fourth-order valence-electron chi connectivity index (χ4n) is 2.20. The number of phenolic OH excluding ortho intramolecular Hbond substituents is 1. The number of nitrogens with two attached hydrogens (primary N) is 1. The fourth-order valence-corrected chi connectivity index (χ4v) is 2.20. The van der Waals surface area contributed by atoms with Gasteiger partial charge in [0.15, 0.2) is 0 Å². The van der Waals surface area contributed by atoms with E-state index < -0.39 is 0 Å². The molecule has 0 aromatic heterocycles. The minimum Gasteiger partial charge on any atom is -0.508 e. The maximum Gasteiger partial charge on any atom is 0.122 e. The van der Waals surface area contributed by atoms with Gasteiger partial charge < -0.3 is 15.7 Å². The molecular formula is C16H20N2O. The van der Waals surface area contributed by atoms with Crippen molar-refractivity contribution in [3.8, 4) is 5.75 Å². The molecule has 1 atom stereocenters. The first-order valence-corrected chi connectivity index (χ1v) is 6.38. The van der Waals surface area contributed by atoms with E-state index in [1.807, 2.05) is 38.2 Å². The third-order valence-electron chi connectivity index (χ3n) is 3.37. The lowest BCUT2D eigenvalue weighted by Crippen LogP contribution is -2.11. The monoisotopic (exact) mass is 256 g/mol. The molecule has 0 bridgehead atoms. The lowest BCUT2D eigenvalue weighted by Gasteiger charge is -2.22. The van der Waals surface area contributed by atoms with Crippen molar-refractivity contribution in [2.45, 2.75) is 19.9 Å². The van der Waals surface area contributed by atoms with Crippen molar-refractivity contribution in [3.63, 3.8) is 0 Å². The molecule has 0 aliphatic heterocycles. The van der Waals surface area contributed by atoms with Gasteiger partial charge in [-0.2, -0.15) is 0 Å². The van der Waals surface area contributed by atoms with E-state index >= 15 is 0 Å². The summed E-state index contributed by atoms with van der Waals surface area (Å²) in [6.45, 7) is 3.93. The van der Waals surface area contributed by atoms with Gasteiger partial charge in [0.2, 0.25) is 0 Å². The van der Waals surface area contributed by atoms with Crippen molar-refractivity contribution in [2.24, 2.45) is 5.73 Å². The van der Waals surface area contributed by atoms with Gasteiger partial charge in [-0.05, 0) is 31.5 Å². The maximum atomic E-state index is 10.0. The van der Waals surface area contributed by atoms with E-state index in [0.717, 1.165) is 16.9 Å². The van der Waals surface area contributed by atoms with Crippen LogP contribution in [0.5, 0.6) is 5.75 Å². The summed E-state index contributed by atoms with van der Waals surface area (Å²) in [4.78, 5) is 2.06. The van der Waals surface area contributed by atoms with E-state index in [0.29, 0.717) is 0 Å². The average Bonchev–Trinajstić information content (AvgIpc) is 2.38. The Labute approximate surface area is 114 Å². The number of para-hydroxylation sites is 1. The molecule has 0 fully saturated rings. The highest BCUT2D eigenvalue weighted by Crippen LogP contribution is 2.32. The Morgan fingerprint density at radius 1 is 1.16 bits per heavy atom. The molecule has 2 rings (SSSR count). The highest BCUT2D eigenvalue weighted by Gasteiger charge is 2.11. The molecule has 3 heteroatoms. The van der Waals surface area contributed by atoms with Crippen LogP contribution >= 0.6 is 0 Å². The minimum absolute atomic E-state index is 0.169. The molecule has 100 valence electrons. The van der Waals surface area contributed by atoms with Crippen LogP contribution in [0.4, 0.5) is 11.4 Å². The second-order valence-electron chi connectivity index (χ2n) is 4.88. The Morgan fingerprint density at radius 2 is 1.84 bits per heavy atom. The van der Waals surface area contributed by atoms with Crippen LogP contribution in [0.1, 0.15) is 24.1 Å². The summed E-state index contributed by atoms with van der Waals surface area (Å²) in [6, 6.07) is 13.6. The zero-order chi connectivity index (χ0) is 14.0. The second kappa shape index (κ2) is 5.33. The van der Waals surface area contributed by atoms with Crippen LogP contribution < -0.4 is 10.6 Å². The average molecular weight is 256 g/mol. The van der Waals surface area contributed by atoms with Gasteiger partial charge in [-0.25, -0.2) is 0 Å². The number of phenols is 1. The van der Waals surface area contributed by atoms with E-state index in [4.69, 9.17) is 5.73 Å². The first kappa shape index (κ1) is 13.4. The Morgan fingerprint density at radius 3 is 2.42 bits per heavy atom. The third kappa shape index (κ3) is 2.71. The van der Waals surface area contributed by atoms with Gasteiger partial charge in [0.25, 0.3) is 0 Å². The highest BCUT2D eigenvalue weighted by atomic mass is 16.3. The SMILES string of the molecule is Cc1ccccc1N(C)c1ccc(C(C)N)c(O)c1. The van der Waals surface area contributed by atoms with Crippen LogP contribution in [0, 0.1) is 6.92 Å². The topological polar surface area (TPSA) is 49.5 Å². The van der Waals surface area contributed by atoms with Gasteiger partial charge >= 0.3 is 0 Å². The molecule has 3 nitrogen and oxygen atoms in total. The Bertz CT molecular complexity index is 579. The zero-order valence-corrected chi connectivity index (χ0v) is 11.6. The fraction of sp³-hybridized carbons (Fsp3) is 0.250. The number of hydrogen-bond acceptors (Lipinski definition) is 3. The third-order valence-corrected chi connectivity index (χ3v) is 3.37. The van der Waals surface area contributed by atoms with E-state index in [2.05, 4.69) is 24.0 Å². The molecule has 0 saturated heterocycles. The predicted octanol–water partition coefficient (Wildman–Crippen LogP) is 3.49. The first-order chi connectivity index (χ1) is 9.00. The molecule has 0 saturated carbocycles. The summed E-state index contributed by atoms with van der Waals surface area (Å²) in [6.07, 6.45) is 0. The molecule has 2 aromatic rings. The molecule has 3 N–H and O–H groups in total. The van der Waals surface area contributed by atoms with E-state index in [1.54, 1.807) is 6.07 Å². The highest BCUT2D eigenvalue weighted by molar-refractivity contribution is 5.67. The molecule has 1 unspecified atom stereocenters. The van der Waals surface area contributed by atoms with Crippen LogP contribution in [0.15, 0.2) is 42.5 Å². The quantitative estimate of drug-likeness (QED) is 0.883. The van der Waals surface area contributed by atoms with Gasteiger partial charge in [0.1, 0.15) is 5.75 Å². The van der Waals surface area contributed by atoms with Crippen molar-refractivity contribution in [1.82, 2.24) is 0 Å². The number of rotatable bonds is 3. The summed E-state index contributed by atoms with van der Waals surface area (Å²) >= 11 is 0. The summed E-state index contributed by atoms with van der Waals surface area (Å²) in [5.41, 5.74) is 9.82. The van der Waals surface area contributed by atoms with Crippen molar-refractivity contribution in [3.05, 3.63) is 53.6 Å². The largest absolute Gasteiger partial charge is 0.508 e. The Hall–Kier alpha value is -2.00. The van der Waals surface area contributed by atoms with E-state index in [1.165, 1.54) is 5.56 Å². The number of hydrogen-bond donors (Lipinski definition) is 2. The number of benzene rings is 2. The van der Waals surface area contributed by atoms with E-state index in [9.17, 15) is 5.11 Å². The molecule has 0 heterocycles. The van der Waals surface area contributed by atoms with Gasteiger partial charge in [-0.15, -0.1) is 0 Å². The van der Waals surface area contributed by atoms with Crippen molar-refractivity contribution in [1.29, 1.82) is 0 Å². The Kier molecular flexibility index (Phi) is 3.76. The maximum absolute atomic E-state index is 10.0. The standard InChI is InChI=1S/C16H20N2O/c1-11-6-4-5-7-15(11)18(3)13-8-9-14(12(2)17)16(19)10-13/h4-10,12,19H,17H2,1-3H3. The predicted molar refractivity (Wildman–Crippen MR) is 80.0 cm³/mol. The molecule has 19 heavy (non-hydrogen) atoms. The smallest absolute Gasteiger partial charge is 0.122 e. The molecule has 0 aliphatic rings. The van der Waals surface area contributed by atoms with Crippen LogP contribution in [0.2, 0.25) is 0 Å². The summed E-state index contributed by atoms with van der Waals surface area (Å²) in [7, 11) is 1.99. The number of nitrogens with zero attached hydrogens (tertiary/aromatic N) is 1. The second-order valence-corrected chi connectivity index (χ2v) is 4.88. The van der Waals surface area contributed by atoms with Crippen LogP contribution in [0.25, 0.3) is 0 Å². The van der Waals surface area contributed by atoms with Crippen molar-refractivity contribution in [2.75, 3.05) is 11.9 Å². The summed E-state index contributed by atoms with van der Waals surface area (Å²) in [5, 5.41) is 10.0. The van der Waals surface area contributed by atoms with Crippen molar-refractivity contribution < 1.29 is 5.11 Å².